The molecule has 1 aromatic rings. The van der Waals surface area contributed by atoms with Gasteiger partial charge in [0, 0.05) is 30.0 Å². The molecular weight excluding hydrogens is 332 g/mol. The fourth-order valence-electron chi connectivity index (χ4n) is 5.70. The molecule has 3 saturated carbocycles. The maximum atomic E-state index is 13.2. The number of fused-ring (bicyclic) bond motifs is 2. The molecule has 2 amide bonds. The number of nitrogens with zero attached hydrogens (tertiary/aromatic N) is 5. The molecule has 1 aliphatic heterocycles. The van der Waals surface area contributed by atoms with E-state index in [4.69, 9.17) is 0 Å². The van der Waals surface area contributed by atoms with Crippen molar-refractivity contribution in [3.05, 3.63) is 6.33 Å². The second-order valence-corrected chi connectivity index (χ2v) is 8.84. The summed E-state index contributed by atoms with van der Waals surface area (Å²) in [6.45, 7) is 1.74. The summed E-state index contributed by atoms with van der Waals surface area (Å²) in [6, 6.07) is 0. The highest BCUT2D eigenvalue weighted by Crippen LogP contribution is 2.55. The summed E-state index contributed by atoms with van der Waals surface area (Å²) in [6.07, 6.45) is 10.1. The second-order valence-electron chi connectivity index (χ2n) is 8.84. The van der Waals surface area contributed by atoms with Crippen LogP contribution in [0.15, 0.2) is 6.33 Å². The molecule has 4 fully saturated rings. The lowest BCUT2D eigenvalue weighted by atomic mass is 9.83. The van der Waals surface area contributed by atoms with Gasteiger partial charge < -0.3 is 10.2 Å². The van der Waals surface area contributed by atoms with E-state index in [-0.39, 0.29) is 23.4 Å². The van der Waals surface area contributed by atoms with Crippen molar-refractivity contribution in [1.82, 2.24) is 30.4 Å². The zero-order valence-electron chi connectivity index (χ0n) is 15.1. The number of carbonyl (C=O) groups excluding carboxylic acids is 2. The molecule has 3 aliphatic carbocycles. The number of amides is 2. The van der Waals surface area contributed by atoms with E-state index in [0.717, 1.165) is 57.5 Å². The fraction of sp³-hybridized carbons (Fsp3) is 0.833. The average Bonchev–Trinajstić information content (AvgIpc) is 3.18. The first kappa shape index (κ1) is 16.2. The molecule has 1 atom stereocenters. The van der Waals surface area contributed by atoms with Crippen molar-refractivity contribution in [2.45, 2.75) is 63.5 Å². The van der Waals surface area contributed by atoms with Crippen molar-refractivity contribution < 1.29 is 9.59 Å². The monoisotopic (exact) mass is 358 g/mol. The molecule has 8 nitrogen and oxygen atoms in total. The third kappa shape index (κ3) is 2.61. The molecule has 140 valence electrons. The third-order valence-electron chi connectivity index (χ3n) is 7.31. The summed E-state index contributed by atoms with van der Waals surface area (Å²) in [5.41, 5.74) is -0.170. The van der Waals surface area contributed by atoms with Gasteiger partial charge >= 0.3 is 0 Å². The van der Waals surface area contributed by atoms with Crippen LogP contribution in [-0.2, 0) is 16.1 Å². The standard InChI is InChI=1S/C18H26N6O2/c25-15(11-24-20-12-19-22-24)21-18(6-7-18)14-3-8-23(10-14)16(26)17-4-1-13(9-17)2-5-17/h12-14H,1-11H2,(H,21,25). The van der Waals surface area contributed by atoms with Gasteiger partial charge in [-0.25, -0.2) is 0 Å². The quantitative estimate of drug-likeness (QED) is 0.838. The van der Waals surface area contributed by atoms with Crippen LogP contribution in [0.1, 0.15) is 51.4 Å². The van der Waals surface area contributed by atoms with Crippen molar-refractivity contribution in [3.63, 3.8) is 0 Å². The molecule has 5 rings (SSSR count). The van der Waals surface area contributed by atoms with Crippen molar-refractivity contribution in [1.29, 1.82) is 0 Å². The summed E-state index contributed by atoms with van der Waals surface area (Å²) in [4.78, 5) is 28.9. The lowest BCUT2D eigenvalue weighted by Gasteiger charge is -2.31. The number of aromatic nitrogens is 4. The van der Waals surface area contributed by atoms with Gasteiger partial charge in [0.05, 0.1) is 0 Å². The van der Waals surface area contributed by atoms with E-state index >= 15 is 0 Å². The highest BCUT2D eigenvalue weighted by Gasteiger charge is 2.56. The summed E-state index contributed by atoms with van der Waals surface area (Å²) in [7, 11) is 0. The van der Waals surface area contributed by atoms with Crippen molar-refractivity contribution in [3.8, 4) is 0 Å². The minimum absolute atomic E-state index is 0.0434. The first-order chi connectivity index (χ1) is 12.6. The maximum absolute atomic E-state index is 13.2. The number of hydrogen-bond donors (Lipinski definition) is 1. The van der Waals surface area contributed by atoms with Crippen LogP contribution in [-0.4, -0.2) is 55.5 Å². The van der Waals surface area contributed by atoms with Gasteiger partial charge in [-0.3, -0.25) is 9.59 Å². The van der Waals surface area contributed by atoms with E-state index in [1.165, 1.54) is 24.0 Å². The fourth-order valence-corrected chi connectivity index (χ4v) is 5.70. The number of tetrazole rings is 1. The van der Waals surface area contributed by atoms with Crippen LogP contribution in [0.4, 0.5) is 0 Å². The lowest BCUT2D eigenvalue weighted by Crippen LogP contribution is -2.46. The molecule has 1 saturated heterocycles. The molecule has 4 aliphatic rings. The number of carbonyl (C=O) groups is 2. The summed E-state index contributed by atoms with van der Waals surface area (Å²) in [5.74, 6) is 1.48. The first-order valence-electron chi connectivity index (χ1n) is 9.90. The molecule has 1 aromatic heterocycles. The molecule has 8 heteroatoms. The molecule has 0 aromatic carbocycles. The van der Waals surface area contributed by atoms with Crippen LogP contribution in [0, 0.1) is 17.3 Å². The smallest absolute Gasteiger partial charge is 0.244 e. The molecule has 2 bridgehead atoms. The third-order valence-corrected chi connectivity index (χ3v) is 7.31. The van der Waals surface area contributed by atoms with E-state index in [1.807, 2.05) is 0 Å². The number of nitrogens with one attached hydrogen (secondary N) is 1. The number of rotatable bonds is 5. The SMILES string of the molecule is O=C(Cn1ncnn1)NC1(C2CCN(C(=O)C34CCC(CC3)C4)C2)CC1. The Morgan fingerprint density at radius 3 is 2.58 bits per heavy atom. The van der Waals surface area contributed by atoms with E-state index < -0.39 is 0 Å². The Bertz CT molecular complexity index is 705. The Balaban J connectivity index is 1.20. The van der Waals surface area contributed by atoms with Gasteiger partial charge in [0.2, 0.25) is 11.8 Å². The largest absolute Gasteiger partial charge is 0.349 e. The minimum atomic E-state index is -0.127. The van der Waals surface area contributed by atoms with Gasteiger partial charge in [0.25, 0.3) is 0 Å². The lowest BCUT2D eigenvalue weighted by molar-refractivity contribution is -0.140. The van der Waals surface area contributed by atoms with Crippen LogP contribution in [0.5, 0.6) is 0 Å². The molecule has 1 N–H and O–H groups in total. The number of hydrogen-bond acceptors (Lipinski definition) is 5. The Morgan fingerprint density at radius 1 is 1.15 bits per heavy atom. The maximum Gasteiger partial charge on any atom is 0.244 e. The zero-order valence-corrected chi connectivity index (χ0v) is 15.1. The number of likely N-dealkylation sites (tertiary alicyclic amines) is 1. The normalized spacial score (nSPS) is 34.2. The van der Waals surface area contributed by atoms with Crippen LogP contribution in [0.3, 0.4) is 0 Å². The first-order valence-corrected chi connectivity index (χ1v) is 9.90. The Kier molecular flexibility index (Phi) is 3.59. The second kappa shape index (κ2) is 5.76. The van der Waals surface area contributed by atoms with Gasteiger partial charge in [-0.2, -0.15) is 4.80 Å². The van der Waals surface area contributed by atoms with Gasteiger partial charge in [-0.05, 0) is 62.5 Å². The van der Waals surface area contributed by atoms with Gasteiger partial charge in [-0.15, -0.1) is 10.2 Å². The van der Waals surface area contributed by atoms with Gasteiger partial charge in [0.1, 0.15) is 6.54 Å². The van der Waals surface area contributed by atoms with E-state index in [0.29, 0.717) is 11.8 Å². The molecule has 0 radical (unpaired) electrons. The molecular formula is C18H26N6O2. The Morgan fingerprint density at radius 2 is 1.96 bits per heavy atom. The van der Waals surface area contributed by atoms with E-state index in [1.54, 1.807) is 0 Å². The Hall–Kier alpha value is -1.99. The molecule has 2 heterocycles. The highest BCUT2D eigenvalue weighted by molar-refractivity contribution is 5.84. The molecule has 0 spiro atoms. The predicted molar refractivity (Wildman–Crippen MR) is 91.6 cm³/mol. The van der Waals surface area contributed by atoms with Crippen molar-refractivity contribution in [2.24, 2.45) is 17.3 Å². The van der Waals surface area contributed by atoms with Crippen LogP contribution >= 0.6 is 0 Å². The highest BCUT2D eigenvalue weighted by atomic mass is 16.2. The van der Waals surface area contributed by atoms with Crippen molar-refractivity contribution >= 4 is 11.8 Å². The summed E-state index contributed by atoms with van der Waals surface area (Å²) < 4.78 is 0. The minimum Gasteiger partial charge on any atom is -0.349 e. The summed E-state index contributed by atoms with van der Waals surface area (Å²) in [5, 5.41) is 14.5. The molecule has 26 heavy (non-hydrogen) atoms. The van der Waals surface area contributed by atoms with Crippen LogP contribution < -0.4 is 5.32 Å². The predicted octanol–water partition coefficient (Wildman–Crippen LogP) is 0.751. The Labute approximate surface area is 152 Å². The average molecular weight is 358 g/mol. The van der Waals surface area contributed by atoms with Gasteiger partial charge in [0.15, 0.2) is 6.33 Å². The topological polar surface area (TPSA) is 93.0 Å². The van der Waals surface area contributed by atoms with Crippen LogP contribution in [0.2, 0.25) is 0 Å². The molecule has 1 unspecified atom stereocenters. The van der Waals surface area contributed by atoms with E-state index in [9.17, 15) is 9.59 Å². The van der Waals surface area contributed by atoms with Crippen LogP contribution in [0.25, 0.3) is 0 Å². The zero-order chi connectivity index (χ0) is 17.8. The summed E-state index contributed by atoms with van der Waals surface area (Å²) >= 11 is 0. The van der Waals surface area contributed by atoms with Gasteiger partial charge in [-0.1, -0.05) is 0 Å². The van der Waals surface area contributed by atoms with E-state index in [2.05, 4.69) is 25.6 Å². The van der Waals surface area contributed by atoms with Crippen molar-refractivity contribution in [2.75, 3.05) is 13.1 Å².